The van der Waals surface area contributed by atoms with E-state index < -0.39 is 10.1 Å². The van der Waals surface area contributed by atoms with Gasteiger partial charge in [-0.25, -0.2) is 0 Å². The van der Waals surface area contributed by atoms with E-state index in [0.29, 0.717) is 4.47 Å². The van der Waals surface area contributed by atoms with Crippen LogP contribution in [0.25, 0.3) is 0 Å². The number of hydrogen-bond donors (Lipinski definition) is 1. The van der Waals surface area contributed by atoms with Crippen LogP contribution in [-0.4, -0.2) is 13.0 Å². The van der Waals surface area contributed by atoms with Gasteiger partial charge in [-0.15, -0.1) is 0 Å². The SMILES string of the molecule is O=S(=O)(O)c1ccc(Br)c(Br)c1.[Zn]. The van der Waals surface area contributed by atoms with Crippen molar-refractivity contribution in [2.24, 2.45) is 0 Å². The molecule has 68 valence electrons. The summed E-state index contributed by atoms with van der Waals surface area (Å²) in [5.74, 6) is 0. The summed E-state index contributed by atoms with van der Waals surface area (Å²) in [6, 6.07) is 4.16. The van der Waals surface area contributed by atoms with Crippen LogP contribution in [0.4, 0.5) is 0 Å². The molecular weight excluding hydrogens is 377 g/mol. The van der Waals surface area contributed by atoms with E-state index in [1.165, 1.54) is 18.2 Å². The average Bonchev–Trinajstić information content (AvgIpc) is 1.92. The Balaban J connectivity index is 0.00000144. The first kappa shape index (κ1) is 13.7. The second kappa shape index (κ2) is 4.98. The minimum Gasteiger partial charge on any atom is -0.282 e. The normalized spacial score (nSPS) is 10.7. The van der Waals surface area contributed by atoms with Crippen molar-refractivity contribution in [2.75, 3.05) is 0 Å². The molecule has 1 aromatic carbocycles. The van der Waals surface area contributed by atoms with Crippen molar-refractivity contribution in [3.8, 4) is 0 Å². The second-order valence-electron chi connectivity index (χ2n) is 2.05. The first-order chi connectivity index (χ1) is 5.41. The second-order valence-corrected chi connectivity index (χ2v) is 5.18. The van der Waals surface area contributed by atoms with Crippen molar-refractivity contribution in [1.82, 2.24) is 0 Å². The standard InChI is InChI=1S/C6H4Br2O3S.Zn/c7-5-2-1-4(3-6(5)8)12(9,10)11;/h1-3H,(H,9,10,11);. The third kappa shape index (κ3) is 3.75. The van der Waals surface area contributed by atoms with Crippen molar-refractivity contribution in [3.05, 3.63) is 27.1 Å². The smallest absolute Gasteiger partial charge is 0.282 e. The van der Waals surface area contributed by atoms with E-state index in [0.717, 1.165) is 4.47 Å². The van der Waals surface area contributed by atoms with Crippen molar-refractivity contribution in [1.29, 1.82) is 0 Å². The van der Waals surface area contributed by atoms with E-state index in [2.05, 4.69) is 31.9 Å². The fraction of sp³-hybridized carbons (Fsp3) is 0. The van der Waals surface area contributed by atoms with Crippen molar-refractivity contribution >= 4 is 42.0 Å². The molecule has 13 heavy (non-hydrogen) atoms. The Kier molecular flexibility index (Phi) is 5.25. The van der Waals surface area contributed by atoms with Gasteiger partial charge < -0.3 is 0 Å². The molecule has 3 nitrogen and oxygen atoms in total. The molecule has 0 fully saturated rings. The Morgan fingerprint density at radius 2 is 1.69 bits per heavy atom. The van der Waals surface area contributed by atoms with Gasteiger partial charge in [0.1, 0.15) is 0 Å². The summed E-state index contributed by atoms with van der Waals surface area (Å²) >= 11 is 6.29. The minimum atomic E-state index is -4.09. The summed E-state index contributed by atoms with van der Waals surface area (Å²) in [5, 5.41) is 0. The average molecular weight is 381 g/mol. The van der Waals surface area contributed by atoms with Gasteiger partial charge in [-0.1, -0.05) is 0 Å². The molecule has 0 aliphatic carbocycles. The van der Waals surface area contributed by atoms with E-state index in [1.54, 1.807) is 0 Å². The van der Waals surface area contributed by atoms with Crippen molar-refractivity contribution < 1.29 is 32.4 Å². The number of rotatable bonds is 1. The molecule has 0 heterocycles. The molecule has 1 rings (SSSR count). The molecule has 0 saturated heterocycles. The zero-order valence-electron chi connectivity index (χ0n) is 6.37. The van der Waals surface area contributed by atoms with Gasteiger partial charge in [0.2, 0.25) is 0 Å². The van der Waals surface area contributed by atoms with Crippen LogP contribution in [0, 0.1) is 0 Å². The molecule has 1 aromatic rings. The van der Waals surface area contributed by atoms with Gasteiger partial charge >= 0.3 is 0 Å². The van der Waals surface area contributed by atoms with Gasteiger partial charge in [-0.3, -0.25) is 4.55 Å². The van der Waals surface area contributed by atoms with Crippen LogP contribution in [0.15, 0.2) is 32.0 Å². The Morgan fingerprint density at radius 3 is 2.08 bits per heavy atom. The van der Waals surface area contributed by atoms with Crippen LogP contribution in [0.1, 0.15) is 0 Å². The monoisotopic (exact) mass is 378 g/mol. The summed E-state index contributed by atoms with van der Waals surface area (Å²) in [5.41, 5.74) is 0. The Morgan fingerprint density at radius 1 is 1.15 bits per heavy atom. The fourth-order valence-corrected chi connectivity index (χ4v) is 1.92. The predicted octanol–water partition coefficient (Wildman–Crippen LogP) is 2.46. The van der Waals surface area contributed by atoms with Gasteiger partial charge in [0.15, 0.2) is 0 Å². The van der Waals surface area contributed by atoms with Crippen LogP contribution < -0.4 is 0 Å². The van der Waals surface area contributed by atoms with Crippen molar-refractivity contribution in [2.45, 2.75) is 4.90 Å². The van der Waals surface area contributed by atoms with E-state index in [-0.39, 0.29) is 24.4 Å². The van der Waals surface area contributed by atoms with E-state index in [4.69, 9.17) is 4.55 Å². The maximum atomic E-state index is 10.6. The molecule has 7 heteroatoms. The van der Waals surface area contributed by atoms with Gasteiger partial charge in [-0.05, 0) is 50.1 Å². The van der Waals surface area contributed by atoms with Gasteiger partial charge in [-0.2, -0.15) is 8.42 Å². The minimum absolute atomic E-state index is 0. The van der Waals surface area contributed by atoms with Crippen LogP contribution in [0.5, 0.6) is 0 Å². The Labute approximate surface area is 106 Å². The topological polar surface area (TPSA) is 54.4 Å². The molecule has 0 aromatic heterocycles. The Bertz CT molecular complexity index is 404. The van der Waals surface area contributed by atoms with Crippen LogP contribution in [-0.2, 0) is 29.6 Å². The maximum absolute atomic E-state index is 10.6. The molecule has 0 bridgehead atoms. The van der Waals surface area contributed by atoms with Crippen molar-refractivity contribution in [3.63, 3.8) is 0 Å². The molecule has 1 N–H and O–H groups in total. The first-order valence-corrected chi connectivity index (χ1v) is 5.86. The van der Waals surface area contributed by atoms with E-state index in [9.17, 15) is 8.42 Å². The van der Waals surface area contributed by atoms with Gasteiger partial charge in [0.25, 0.3) is 10.1 Å². The third-order valence-electron chi connectivity index (χ3n) is 1.19. The maximum Gasteiger partial charge on any atom is 0.294 e. The Hall–Kier alpha value is 0.713. The quantitative estimate of drug-likeness (QED) is 0.601. The van der Waals surface area contributed by atoms with Crippen LogP contribution >= 0.6 is 31.9 Å². The summed E-state index contributed by atoms with van der Waals surface area (Å²) in [6.45, 7) is 0. The van der Waals surface area contributed by atoms with Crippen LogP contribution in [0.3, 0.4) is 0 Å². The molecular formula is C6H4Br2O3SZn. The van der Waals surface area contributed by atoms with E-state index >= 15 is 0 Å². The molecule has 0 aliphatic rings. The van der Waals surface area contributed by atoms with Crippen LogP contribution in [0.2, 0.25) is 0 Å². The number of benzene rings is 1. The number of halogens is 2. The molecule has 0 radical (unpaired) electrons. The molecule has 0 unspecified atom stereocenters. The first-order valence-electron chi connectivity index (χ1n) is 2.84. The summed E-state index contributed by atoms with van der Waals surface area (Å²) < 4.78 is 31.2. The van der Waals surface area contributed by atoms with E-state index in [1.807, 2.05) is 0 Å². The summed E-state index contributed by atoms with van der Waals surface area (Å²) in [7, 11) is -4.09. The zero-order valence-corrected chi connectivity index (χ0v) is 13.3. The van der Waals surface area contributed by atoms with Gasteiger partial charge in [0, 0.05) is 28.4 Å². The largest absolute Gasteiger partial charge is 0.294 e. The zero-order chi connectivity index (χ0) is 9.35. The third-order valence-corrected chi connectivity index (χ3v) is 3.92. The number of hydrogen-bond acceptors (Lipinski definition) is 2. The predicted molar refractivity (Wildman–Crippen MR) is 51.7 cm³/mol. The fourth-order valence-electron chi connectivity index (χ4n) is 0.637. The van der Waals surface area contributed by atoms with Gasteiger partial charge in [0.05, 0.1) is 4.90 Å². The summed E-state index contributed by atoms with van der Waals surface area (Å²) in [6.07, 6.45) is 0. The molecule has 0 atom stereocenters. The molecule has 0 spiro atoms. The molecule has 0 saturated carbocycles. The summed E-state index contributed by atoms with van der Waals surface area (Å²) in [4.78, 5) is -0.127. The molecule has 0 amide bonds. The molecule has 0 aliphatic heterocycles.